The largest absolute Gasteiger partial charge is 0.487 e. The van der Waals surface area contributed by atoms with Gasteiger partial charge in [0.05, 0.1) is 5.69 Å². The first-order valence-electron chi connectivity index (χ1n) is 9.08. The van der Waals surface area contributed by atoms with E-state index in [0.717, 1.165) is 17.8 Å². The van der Waals surface area contributed by atoms with Crippen LogP contribution in [0.4, 0.5) is 0 Å². The number of nitrogens with zero attached hydrogens (tertiary/aromatic N) is 2. The maximum Gasteiger partial charge on any atom is 0.265 e. The topological polar surface area (TPSA) is 133 Å². The lowest BCUT2D eigenvalue weighted by Gasteiger charge is -2.05. The van der Waals surface area contributed by atoms with E-state index in [2.05, 4.69) is 4.98 Å². The van der Waals surface area contributed by atoms with Crippen molar-refractivity contribution in [2.24, 2.45) is 12.8 Å². The normalized spacial score (nSPS) is 11.4. The summed E-state index contributed by atoms with van der Waals surface area (Å²) in [6.07, 6.45) is 5.45. The molecule has 0 radical (unpaired) electrons. The third-order valence-corrected chi connectivity index (χ3v) is 5.51. The Morgan fingerprint density at radius 3 is 2.55 bits per heavy atom. The van der Waals surface area contributed by atoms with E-state index in [-0.39, 0.29) is 10.6 Å². The van der Waals surface area contributed by atoms with Crippen molar-refractivity contribution in [1.29, 1.82) is 0 Å². The number of aromatic nitrogens is 2. The van der Waals surface area contributed by atoms with Crippen molar-refractivity contribution in [3.05, 3.63) is 84.0 Å². The number of hydrogen-bond donors (Lipinski definition) is 2. The third-order valence-electron chi connectivity index (χ3n) is 4.20. The van der Waals surface area contributed by atoms with Crippen LogP contribution in [0.25, 0.3) is 6.08 Å². The molecule has 0 saturated carbocycles. The summed E-state index contributed by atoms with van der Waals surface area (Å²) in [5, 5.41) is 0. The van der Waals surface area contributed by atoms with Gasteiger partial charge in [0.2, 0.25) is 0 Å². The van der Waals surface area contributed by atoms with E-state index in [4.69, 9.17) is 10.5 Å². The predicted octanol–water partition coefficient (Wildman–Crippen LogP) is 1.62. The van der Waals surface area contributed by atoms with Crippen molar-refractivity contribution < 1.29 is 22.7 Å². The number of primary amides is 1. The number of rotatable bonds is 8. The van der Waals surface area contributed by atoms with Crippen LogP contribution >= 0.6 is 0 Å². The van der Waals surface area contributed by atoms with Gasteiger partial charge in [0.1, 0.15) is 22.9 Å². The number of nitrogens with two attached hydrogens (primary N) is 1. The van der Waals surface area contributed by atoms with Gasteiger partial charge in [-0.15, -0.1) is 0 Å². The molecule has 2 heterocycles. The number of carbonyl (C=O) groups is 2. The minimum absolute atomic E-state index is 0.00807. The highest BCUT2D eigenvalue weighted by molar-refractivity contribution is 7.90. The molecule has 0 aliphatic carbocycles. The molecule has 3 N–H and O–H groups in total. The summed E-state index contributed by atoms with van der Waals surface area (Å²) in [6, 6.07) is 13.6. The number of ether oxygens (including phenoxy) is 1. The number of amides is 2. The highest BCUT2D eigenvalue weighted by Crippen LogP contribution is 2.15. The van der Waals surface area contributed by atoms with Gasteiger partial charge in [-0.3, -0.25) is 14.6 Å². The Morgan fingerprint density at radius 2 is 1.94 bits per heavy atom. The van der Waals surface area contributed by atoms with Crippen LogP contribution in [0.15, 0.2) is 71.9 Å². The zero-order chi connectivity index (χ0) is 22.4. The first kappa shape index (κ1) is 21.8. The molecule has 0 spiro atoms. The molecule has 31 heavy (non-hydrogen) atoms. The molecule has 2 amide bonds. The Hall–Kier alpha value is -3.92. The molecular formula is C21H20N4O5S. The van der Waals surface area contributed by atoms with E-state index in [9.17, 15) is 18.0 Å². The van der Waals surface area contributed by atoms with Gasteiger partial charge >= 0.3 is 0 Å². The predicted molar refractivity (Wildman–Crippen MR) is 113 cm³/mol. The lowest BCUT2D eigenvalue weighted by Crippen LogP contribution is -2.28. The van der Waals surface area contributed by atoms with Crippen molar-refractivity contribution in [2.75, 3.05) is 0 Å². The summed E-state index contributed by atoms with van der Waals surface area (Å²) in [4.78, 5) is 27.3. The number of aryl methyl sites for hydroxylation is 1. The minimum atomic E-state index is -4.14. The van der Waals surface area contributed by atoms with Crippen molar-refractivity contribution in [1.82, 2.24) is 14.3 Å². The number of benzene rings is 1. The van der Waals surface area contributed by atoms with Crippen molar-refractivity contribution in [3.8, 4) is 5.75 Å². The number of pyridine rings is 1. The molecule has 2 aromatic heterocycles. The fourth-order valence-corrected chi connectivity index (χ4v) is 3.65. The van der Waals surface area contributed by atoms with Gasteiger partial charge in [0.25, 0.3) is 21.8 Å². The van der Waals surface area contributed by atoms with Gasteiger partial charge < -0.3 is 15.0 Å². The number of sulfonamides is 1. The Kier molecular flexibility index (Phi) is 6.51. The summed E-state index contributed by atoms with van der Waals surface area (Å²) in [7, 11) is -2.67. The molecule has 0 fully saturated rings. The Bertz CT molecular complexity index is 1220. The average Bonchev–Trinajstić information content (AvgIpc) is 3.15. The zero-order valence-electron chi connectivity index (χ0n) is 16.6. The van der Waals surface area contributed by atoms with Crippen molar-refractivity contribution in [2.45, 2.75) is 11.5 Å². The molecule has 0 aliphatic rings. The lowest BCUT2D eigenvalue weighted by atomic mass is 10.2. The Labute approximate surface area is 179 Å². The third kappa shape index (κ3) is 5.80. The van der Waals surface area contributed by atoms with Crippen LogP contribution < -0.4 is 15.2 Å². The molecular weight excluding hydrogens is 420 g/mol. The maximum atomic E-state index is 12.3. The smallest absolute Gasteiger partial charge is 0.265 e. The number of hydrogen-bond acceptors (Lipinski definition) is 6. The van der Waals surface area contributed by atoms with Crippen LogP contribution in [0.2, 0.25) is 0 Å². The molecule has 0 atom stereocenters. The molecule has 0 aliphatic heterocycles. The van der Waals surface area contributed by atoms with Gasteiger partial charge in [-0.1, -0.05) is 18.2 Å². The Balaban J connectivity index is 1.59. The quantitative estimate of drug-likeness (QED) is 0.511. The second-order valence-corrected chi connectivity index (χ2v) is 8.20. The fraction of sp³-hybridized carbons (Fsp3) is 0.0952. The standard InChI is InChI=1S/C21H20N4O5S/c1-25-13-18(12-19(25)21(22)27)31(28,29)24-20(26)10-7-15-5-8-17(9-6-15)30-14-16-4-2-3-11-23-16/h2-13H,14H2,1H3,(H2,22,27)(H,24,26). The zero-order valence-corrected chi connectivity index (χ0v) is 17.4. The molecule has 10 heteroatoms. The van der Waals surface area contributed by atoms with Crippen LogP contribution in [-0.4, -0.2) is 29.8 Å². The molecule has 0 bridgehead atoms. The van der Waals surface area contributed by atoms with Gasteiger partial charge in [0.15, 0.2) is 0 Å². The fourth-order valence-electron chi connectivity index (χ4n) is 2.64. The summed E-state index contributed by atoms with van der Waals surface area (Å²) in [5.41, 5.74) is 6.66. The second-order valence-electron chi connectivity index (χ2n) is 6.52. The number of nitrogens with one attached hydrogen (secondary N) is 1. The monoisotopic (exact) mass is 440 g/mol. The van der Waals surface area contributed by atoms with Gasteiger partial charge in [-0.2, -0.15) is 0 Å². The summed E-state index contributed by atoms with van der Waals surface area (Å²) in [5.74, 6) is -0.980. The van der Waals surface area contributed by atoms with Crippen LogP contribution in [0.5, 0.6) is 5.75 Å². The van der Waals surface area contributed by atoms with Crippen molar-refractivity contribution in [3.63, 3.8) is 0 Å². The van der Waals surface area contributed by atoms with E-state index in [1.54, 1.807) is 30.5 Å². The molecule has 0 saturated heterocycles. The van der Waals surface area contributed by atoms with E-state index >= 15 is 0 Å². The molecule has 3 aromatic rings. The summed E-state index contributed by atoms with van der Waals surface area (Å²) in [6.45, 7) is 0.327. The van der Waals surface area contributed by atoms with E-state index in [1.165, 1.54) is 23.9 Å². The first-order valence-corrected chi connectivity index (χ1v) is 10.6. The molecule has 9 nitrogen and oxygen atoms in total. The highest BCUT2D eigenvalue weighted by atomic mass is 32.2. The van der Waals surface area contributed by atoms with Gasteiger partial charge in [0, 0.05) is 25.5 Å². The van der Waals surface area contributed by atoms with Crippen LogP contribution in [0.3, 0.4) is 0 Å². The van der Waals surface area contributed by atoms with Gasteiger partial charge in [-0.05, 0) is 42.0 Å². The maximum absolute atomic E-state index is 12.3. The number of carbonyl (C=O) groups excluding carboxylic acids is 2. The van der Waals surface area contributed by atoms with E-state index in [1.807, 2.05) is 22.9 Å². The van der Waals surface area contributed by atoms with Crippen LogP contribution in [0.1, 0.15) is 21.7 Å². The van der Waals surface area contributed by atoms with Crippen LogP contribution in [-0.2, 0) is 28.5 Å². The van der Waals surface area contributed by atoms with Crippen molar-refractivity contribution >= 4 is 27.9 Å². The second kappa shape index (κ2) is 9.26. The minimum Gasteiger partial charge on any atom is -0.487 e. The highest BCUT2D eigenvalue weighted by Gasteiger charge is 2.20. The van der Waals surface area contributed by atoms with E-state index in [0.29, 0.717) is 17.9 Å². The average molecular weight is 440 g/mol. The molecule has 0 unspecified atom stereocenters. The van der Waals surface area contributed by atoms with E-state index < -0.39 is 21.8 Å². The van der Waals surface area contributed by atoms with Crippen LogP contribution in [0, 0.1) is 0 Å². The molecule has 160 valence electrons. The first-order chi connectivity index (χ1) is 14.7. The Morgan fingerprint density at radius 1 is 1.19 bits per heavy atom. The lowest BCUT2D eigenvalue weighted by molar-refractivity contribution is -0.114. The molecule has 1 aromatic carbocycles. The molecule has 3 rings (SSSR count). The summed E-state index contributed by atoms with van der Waals surface area (Å²) < 4.78 is 33.5. The SMILES string of the molecule is Cn1cc(S(=O)(=O)NC(=O)C=Cc2ccc(OCc3ccccn3)cc2)cc1C(N)=O. The van der Waals surface area contributed by atoms with Gasteiger partial charge in [-0.25, -0.2) is 13.1 Å². The summed E-state index contributed by atoms with van der Waals surface area (Å²) >= 11 is 0.